The Hall–Kier alpha value is -2.08. The van der Waals surface area contributed by atoms with Crippen molar-refractivity contribution in [3.63, 3.8) is 0 Å². The maximum atomic E-state index is 11.4. The monoisotopic (exact) mass is 248 g/mol. The van der Waals surface area contributed by atoms with Gasteiger partial charge in [0.25, 0.3) is 0 Å². The number of nitrogens with one attached hydrogen (secondary N) is 4. The van der Waals surface area contributed by atoms with Crippen LogP contribution >= 0.6 is 0 Å². The average Bonchev–Trinajstić information content (AvgIpc) is 2.73. The topological polar surface area (TPSA) is 89.8 Å². The van der Waals surface area contributed by atoms with Crippen molar-refractivity contribution in [1.29, 1.82) is 0 Å². The molecule has 6 heteroatoms. The number of aromatic amines is 2. The van der Waals surface area contributed by atoms with Crippen molar-refractivity contribution < 1.29 is 4.79 Å². The van der Waals surface area contributed by atoms with Crippen molar-refractivity contribution in [1.82, 2.24) is 20.6 Å². The van der Waals surface area contributed by atoms with Gasteiger partial charge in [0.1, 0.15) is 0 Å². The van der Waals surface area contributed by atoms with E-state index < -0.39 is 0 Å². The molecule has 2 aromatic rings. The number of H-pyrrole nitrogens is 2. The van der Waals surface area contributed by atoms with Crippen molar-refractivity contribution in [3.8, 4) is 0 Å². The number of carbonyl (C=O) groups excluding carboxylic acids is 1. The molecule has 0 saturated heterocycles. The van der Waals surface area contributed by atoms with E-state index in [1.165, 1.54) is 0 Å². The number of benzene rings is 1. The van der Waals surface area contributed by atoms with Crippen LogP contribution in [0.5, 0.6) is 0 Å². The van der Waals surface area contributed by atoms with Crippen LogP contribution < -0.4 is 16.3 Å². The molecule has 0 atom stereocenters. The molecule has 1 heterocycles. The van der Waals surface area contributed by atoms with Crippen LogP contribution in [0.2, 0.25) is 0 Å². The van der Waals surface area contributed by atoms with Gasteiger partial charge < -0.3 is 20.6 Å². The Labute approximate surface area is 104 Å². The fourth-order valence-corrected chi connectivity index (χ4v) is 1.69. The summed E-state index contributed by atoms with van der Waals surface area (Å²) in [7, 11) is 0. The molecule has 0 radical (unpaired) electrons. The number of hydrogen-bond acceptors (Lipinski definition) is 3. The van der Waals surface area contributed by atoms with E-state index in [1.807, 2.05) is 25.1 Å². The summed E-state index contributed by atoms with van der Waals surface area (Å²) in [5.74, 6) is -0.0421. The Morgan fingerprint density at radius 2 is 2.06 bits per heavy atom. The number of likely N-dealkylation sites (N-methyl/N-ethyl adjacent to an activating group) is 1. The van der Waals surface area contributed by atoms with Crippen LogP contribution in [-0.4, -0.2) is 29.0 Å². The van der Waals surface area contributed by atoms with E-state index >= 15 is 0 Å². The van der Waals surface area contributed by atoms with Gasteiger partial charge in [0.15, 0.2) is 0 Å². The predicted molar refractivity (Wildman–Crippen MR) is 69.3 cm³/mol. The lowest BCUT2D eigenvalue weighted by Crippen LogP contribution is -2.33. The van der Waals surface area contributed by atoms with E-state index in [4.69, 9.17) is 0 Å². The van der Waals surface area contributed by atoms with Crippen LogP contribution in [0.1, 0.15) is 12.5 Å². The van der Waals surface area contributed by atoms with Crippen molar-refractivity contribution in [2.75, 3.05) is 13.1 Å². The molecule has 4 N–H and O–H groups in total. The van der Waals surface area contributed by atoms with Gasteiger partial charge in [-0.15, -0.1) is 0 Å². The number of aromatic nitrogens is 2. The first-order chi connectivity index (χ1) is 8.69. The quantitative estimate of drug-likeness (QED) is 0.604. The first-order valence-corrected chi connectivity index (χ1v) is 5.87. The molecule has 1 amide bonds. The second kappa shape index (κ2) is 5.50. The van der Waals surface area contributed by atoms with E-state index in [9.17, 15) is 9.59 Å². The molecule has 0 unspecified atom stereocenters. The van der Waals surface area contributed by atoms with Crippen LogP contribution in [0.25, 0.3) is 11.0 Å². The van der Waals surface area contributed by atoms with E-state index in [1.54, 1.807) is 0 Å². The molecular formula is C12H16N4O2. The molecule has 96 valence electrons. The molecule has 18 heavy (non-hydrogen) atoms. The van der Waals surface area contributed by atoms with Gasteiger partial charge in [0.05, 0.1) is 17.6 Å². The Morgan fingerprint density at radius 3 is 2.83 bits per heavy atom. The zero-order valence-corrected chi connectivity index (χ0v) is 10.2. The maximum absolute atomic E-state index is 11.4. The minimum atomic E-state index is -0.224. The second-order valence-corrected chi connectivity index (χ2v) is 4.02. The lowest BCUT2D eigenvalue weighted by molar-refractivity contribution is -0.120. The highest BCUT2D eigenvalue weighted by molar-refractivity contribution is 5.78. The molecule has 0 aliphatic carbocycles. The molecule has 0 fully saturated rings. The third kappa shape index (κ3) is 2.98. The summed E-state index contributed by atoms with van der Waals surface area (Å²) in [4.78, 5) is 27.9. The van der Waals surface area contributed by atoms with Gasteiger partial charge in [0.2, 0.25) is 5.91 Å². The fraction of sp³-hybridized carbons (Fsp3) is 0.333. The van der Waals surface area contributed by atoms with Crippen LogP contribution in [0.15, 0.2) is 23.0 Å². The van der Waals surface area contributed by atoms with Gasteiger partial charge in [-0.25, -0.2) is 4.79 Å². The van der Waals surface area contributed by atoms with Gasteiger partial charge in [-0.05, 0) is 24.2 Å². The molecule has 0 aliphatic heterocycles. The normalized spacial score (nSPS) is 10.7. The molecule has 0 bridgehead atoms. The lowest BCUT2D eigenvalue weighted by Gasteiger charge is -2.05. The second-order valence-electron chi connectivity index (χ2n) is 4.02. The predicted octanol–water partition coefficient (Wildman–Crippen LogP) is 0.0819. The molecule has 1 aromatic heterocycles. The summed E-state index contributed by atoms with van der Waals surface area (Å²) in [5, 5.41) is 5.75. The molecule has 0 spiro atoms. The largest absolute Gasteiger partial charge is 0.351 e. The number of imidazole rings is 1. The first kappa shape index (κ1) is 12.4. The molecule has 1 aromatic carbocycles. The van der Waals surface area contributed by atoms with Gasteiger partial charge in [-0.3, -0.25) is 4.79 Å². The summed E-state index contributed by atoms with van der Waals surface area (Å²) < 4.78 is 0. The Morgan fingerprint density at radius 1 is 1.28 bits per heavy atom. The maximum Gasteiger partial charge on any atom is 0.323 e. The highest BCUT2D eigenvalue weighted by atomic mass is 16.2. The summed E-state index contributed by atoms with van der Waals surface area (Å²) in [6.07, 6.45) is 0. The fourth-order valence-electron chi connectivity index (χ4n) is 1.69. The molecule has 0 saturated carbocycles. The third-order valence-corrected chi connectivity index (χ3v) is 2.61. The number of carbonyl (C=O) groups is 1. The van der Waals surface area contributed by atoms with Crippen LogP contribution in [0.3, 0.4) is 0 Å². The molecular weight excluding hydrogens is 232 g/mol. The third-order valence-electron chi connectivity index (χ3n) is 2.61. The highest BCUT2D eigenvalue weighted by Gasteiger charge is 2.02. The summed E-state index contributed by atoms with van der Waals surface area (Å²) in [6, 6.07) is 5.54. The molecule has 6 nitrogen and oxygen atoms in total. The van der Waals surface area contributed by atoms with E-state index in [2.05, 4.69) is 20.6 Å². The SMILES string of the molecule is CCNCC(=O)NCc1ccc2[nH]c(=O)[nH]c2c1. The Bertz CT molecular complexity index is 599. The summed E-state index contributed by atoms with van der Waals surface area (Å²) in [5.41, 5.74) is 2.24. The van der Waals surface area contributed by atoms with Crippen LogP contribution in [0.4, 0.5) is 0 Å². The van der Waals surface area contributed by atoms with Crippen LogP contribution in [-0.2, 0) is 11.3 Å². The van der Waals surface area contributed by atoms with Crippen molar-refractivity contribution >= 4 is 16.9 Å². The zero-order chi connectivity index (χ0) is 13.0. The smallest absolute Gasteiger partial charge is 0.323 e. The minimum Gasteiger partial charge on any atom is -0.351 e. The Kier molecular flexibility index (Phi) is 3.78. The van der Waals surface area contributed by atoms with Crippen molar-refractivity contribution in [3.05, 3.63) is 34.2 Å². The summed E-state index contributed by atoms with van der Waals surface area (Å²) in [6.45, 7) is 3.49. The average molecular weight is 248 g/mol. The van der Waals surface area contributed by atoms with E-state index in [-0.39, 0.29) is 11.6 Å². The number of rotatable bonds is 5. The van der Waals surface area contributed by atoms with Gasteiger partial charge in [-0.1, -0.05) is 13.0 Å². The number of amides is 1. The number of hydrogen-bond donors (Lipinski definition) is 4. The number of fused-ring (bicyclic) bond motifs is 1. The minimum absolute atomic E-state index is 0.0421. The van der Waals surface area contributed by atoms with E-state index in [0.29, 0.717) is 13.1 Å². The van der Waals surface area contributed by atoms with Gasteiger partial charge >= 0.3 is 5.69 Å². The highest BCUT2D eigenvalue weighted by Crippen LogP contribution is 2.09. The van der Waals surface area contributed by atoms with Crippen LogP contribution in [0, 0.1) is 0 Å². The molecule has 0 aliphatic rings. The van der Waals surface area contributed by atoms with Gasteiger partial charge in [-0.2, -0.15) is 0 Å². The lowest BCUT2D eigenvalue weighted by atomic mass is 10.2. The Balaban J connectivity index is 1.99. The van der Waals surface area contributed by atoms with Gasteiger partial charge in [0, 0.05) is 6.54 Å². The van der Waals surface area contributed by atoms with Crippen molar-refractivity contribution in [2.45, 2.75) is 13.5 Å². The zero-order valence-electron chi connectivity index (χ0n) is 10.2. The van der Waals surface area contributed by atoms with Crippen molar-refractivity contribution in [2.24, 2.45) is 0 Å². The van der Waals surface area contributed by atoms with E-state index in [0.717, 1.165) is 23.1 Å². The standard InChI is InChI=1S/C12H16N4O2/c1-2-13-7-11(17)14-6-8-3-4-9-10(5-8)16-12(18)15-9/h3-5,13H,2,6-7H2,1H3,(H,14,17)(H2,15,16,18). The summed E-state index contributed by atoms with van der Waals surface area (Å²) >= 11 is 0. The molecule has 2 rings (SSSR count). The first-order valence-electron chi connectivity index (χ1n) is 5.87.